The van der Waals surface area contributed by atoms with Crippen molar-refractivity contribution in [1.82, 2.24) is 9.88 Å². The Labute approximate surface area is 123 Å². The summed E-state index contributed by atoms with van der Waals surface area (Å²) in [6.45, 7) is 4.12. The molecule has 1 N–H and O–H groups in total. The number of pyridine rings is 1. The van der Waals surface area contributed by atoms with Crippen molar-refractivity contribution in [1.29, 1.82) is 0 Å². The Morgan fingerprint density at radius 1 is 1.40 bits per heavy atom. The van der Waals surface area contributed by atoms with Crippen LogP contribution in [-0.2, 0) is 4.74 Å². The number of nitrogens with one attached hydrogen (secondary N) is 1. The van der Waals surface area contributed by atoms with Gasteiger partial charge >= 0.3 is 0 Å². The number of rotatable bonds is 1. The van der Waals surface area contributed by atoms with Crippen LogP contribution in [0.1, 0.15) is 12.8 Å². The van der Waals surface area contributed by atoms with Gasteiger partial charge in [0, 0.05) is 18.7 Å². The third-order valence-electron chi connectivity index (χ3n) is 4.60. The average molecular weight is 293 g/mol. The molecule has 1 aromatic rings. The normalized spacial score (nSPS) is 35.0. The molecule has 0 amide bonds. The number of hydrogen-bond acceptors (Lipinski definition) is 5. The molecular formula is C14H17ClN4O. The first-order valence-electron chi connectivity index (χ1n) is 7.09. The maximum Gasteiger partial charge on any atom is 0.291 e. The van der Waals surface area contributed by atoms with Crippen LogP contribution in [-0.4, -0.2) is 47.7 Å². The van der Waals surface area contributed by atoms with Gasteiger partial charge in [-0.25, -0.2) is 9.98 Å². The minimum Gasteiger partial charge on any atom is -0.455 e. The predicted molar refractivity (Wildman–Crippen MR) is 78.2 cm³/mol. The highest BCUT2D eigenvalue weighted by Gasteiger charge is 2.51. The summed E-state index contributed by atoms with van der Waals surface area (Å²) < 4.78 is 6.18. The fraction of sp³-hybridized carbons (Fsp3) is 0.571. The minimum absolute atomic E-state index is 0.125. The molecule has 1 spiro atoms. The van der Waals surface area contributed by atoms with Gasteiger partial charge in [0.2, 0.25) is 0 Å². The fourth-order valence-corrected chi connectivity index (χ4v) is 3.69. The van der Waals surface area contributed by atoms with E-state index >= 15 is 0 Å². The largest absolute Gasteiger partial charge is 0.455 e. The lowest BCUT2D eigenvalue weighted by Gasteiger charge is -2.50. The summed E-state index contributed by atoms with van der Waals surface area (Å²) in [6, 6.07) is 4.16. The number of aliphatic imine (C=N–C) groups is 1. The molecular weight excluding hydrogens is 276 g/mol. The summed E-state index contributed by atoms with van der Waals surface area (Å²) in [7, 11) is 0. The molecule has 3 fully saturated rings. The molecule has 4 aliphatic rings. The predicted octanol–water partition coefficient (Wildman–Crippen LogP) is 2.00. The first kappa shape index (κ1) is 12.4. The third-order valence-corrected chi connectivity index (χ3v) is 4.90. The molecule has 0 saturated carbocycles. The smallest absolute Gasteiger partial charge is 0.291 e. The van der Waals surface area contributed by atoms with Gasteiger partial charge in [0.25, 0.3) is 6.02 Å². The van der Waals surface area contributed by atoms with Crippen LogP contribution in [0, 0.1) is 5.92 Å². The zero-order chi connectivity index (χ0) is 13.6. The molecule has 0 aliphatic carbocycles. The van der Waals surface area contributed by atoms with Gasteiger partial charge in [-0.2, -0.15) is 0 Å². The van der Waals surface area contributed by atoms with Gasteiger partial charge in [-0.05, 0) is 38.1 Å². The number of ether oxygens (including phenoxy) is 1. The number of amidine groups is 1. The molecule has 0 radical (unpaired) electrons. The molecule has 0 unspecified atom stereocenters. The molecule has 5 nitrogen and oxygen atoms in total. The third kappa shape index (κ3) is 1.96. The van der Waals surface area contributed by atoms with E-state index in [0.29, 0.717) is 22.8 Å². The van der Waals surface area contributed by atoms with Crippen LogP contribution in [0.3, 0.4) is 0 Å². The monoisotopic (exact) mass is 292 g/mol. The van der Waals surface area contributed by atoms with Gasteiger partial charge in [0.1, 0.15) is 5.60 Å². The molecule has 6 heteroatoms. The first-order chi connectivity index (χ1) is 9.75. The Morgan fingerprint density at radius 3 is 2.95 bits per heavy atom. The Bertz CT molecular complexity index is 556. The van der Waals surface area contributed by atoms with E-state index in [-0.39, 0.29) is 5.60 Å². The highest BCUT2D eigenvalue weighted by Crippen LogP contribution is 2.40. The summed E-state index contributed by atoms with van der Waals surface area (Å²) in [5.41, 5.74) is -0.125. The second-order valence-electron chi connectivity index (χ2n) is 5.80. The number of halogens is 1. The van der Waals surface area contributed by atoms with Crippen molar-refractivity contribution in [3.63, 3.8) is 0 Å². The Kier molecular flexibility index (Phi) is 2.86. The molecule has 1 atom stereocenters. The number of fused-ring (bicyclic) bond motifs is 2. The van der Waals surface area contributed by atoms with Crippen molar-refractivity contribution in [3.8, 4) is 0 Å². The summed E-state index contributed by atoms with van der Waals surface area (Å²) >= 11 is 6.10. The van der Waals surface area contributed by atoms with E-state index in [1.165, 1.54) is 25.9 Å². The van der Waals surface area contributed by atoms with Gasteiger partial charge in [0.05, 0.1) is 11.6 Å². The van der Waals surface area contributed by atoms with Crippen LogP contribution in [0.15, 0.2) is 23.3 Å². The van der Waals surface area contributed by atoms with Gasteiger partial charge in [-0.3, -0.25) is 10.2 Å². The molecule has 4 aliphatic heterocycles. The van der Waals surface area contributed by atoms with E-state index in [1.807, 2.05) is 0 Å². The SMILES string of the molecule is Clc1cccnc1NC1=NC[C@@]2(CN3CCC2CC3)O1. The molecule has 106 valence electrons. The van der Waals surface area contributed by atoms with Crippen LogP contribution < -0.4 is 5.32 Å². The minimum atomic E-state index is -0.125. The van der Waals surface area contributed by atoms with Crippen molar-refractivity contribution < 1.29 is 4.74 Å². The number of nitrogens with zero attached hydrogens (tertiary/aromatic N) is 3. The molecule has 1 aromatic heterocycles. The van der Waals surface area contributed by atoms with Crippen molar-refractivity contribution in [2.45, 2.75) is 18.4 Å². The number of piperidine rings is 3. The lowest BCUT2D eigenvalue weighted by atomic mass is 9.75. The van der Waals surface area contributed by atoms with E-state index in [2.05, 4.69) is 20.2 Å². The molecule has 0 aromatic carbocycles. The molecule has 5 rings (SSSR count). The van der Waals surface area contributed by atoms with Crippen LogP contribution >= 0.6 is 11.6 Å². The molecule has 20 heavy (non-hydrogen) atoms. The lowest BCUT2D eigenvalue weighted by molar-refractivity contribution is -0.0829. The van der Waals surface area contributed by atoms with E-state index in [9.17, 15) is 0 Å². The van der Waals surface area contributed by atoms with Crippen LogP contribution in [0.5, 0.6) is 0 Å². The second-order valence-corrected chi connectivity index (χ2v) is 6.20. The van der Waals surface area contributed by atoms with E-state index in [0.717, 1.165) is 13.1 Å². The Morgan fingerprint density at radius 2 is 2.25 bits per heavy atom. The maximum atomic E-state index is 6.18. The van der Waals surface area contributed by atoms with Gasteiger partial charge < -0.3 is 4.74 Å². The highest BCUT2D eigenvalue weighted by atomic mass is 35.5. The van der Waals surface area contributed by atoms with E-state index in [4.69, 9.17) is 16.3 Å². The molecule has 3 saturated heterocycles. The number of aromatic nitrogens is 1. The van der Waals surface area contributed by atoms with E-state index < -0.39 is 0 Å². The topological polar surface area (TPSA) is 49.8 Å². The van der Waals surface area contributed by atoms with Crippen molar-refractivity contribution in [3.05, 3.63) is 23.4 Å². The molecule has 5 heterocycles. The van der Waals surface area contributed by atoms with Crippen molar-refractivity contribution >= 4 is 23.4 Å². The van der Waals surface area contributed by atoms with Crippen LogP contribution in [0.25, 0.3) is 0 Å². The van der Waals surface area contributed by atoms with Gasteiger partial charge in [-0.15, -0.1) is 0 Å². The van der Waals surface area contributed by atoms with Crippen LogP contribution in [0.4, 0.5) is 5.82 Å². The highest BCUT2D eigenvalue weighted by molar-refractivity contribution is 6.33. The fourth-order valence-electron chi connectivity index (χ4n) is 3.53. The number of hydrogen-bond donors (Lipinski definition) is 1. The lowest BCUT2D eigenvalue weighted by Crippen LogP contribution is -2.61. The van der Waals surface area contributed by atoms with E-state index in [1.54, 1.807) is 18.3 Å². The molecule has 2 bridgehead atoms. The summed E-state index contributed by atoms with van der Waals surface area (Å²) in [5.74, 6) is 1.22. The average Bonchev–Trinajstić information content (AvgIpc) is 2.85. The Balaban J connectivity index is 1.49. The Hall–Kier alpha value is -1.33. The standard InChI is InChI=1S/C14H17ClN4O/c15-11-2-1-5-16-12(11)18-13-17-8-14(20-13)9-19-6-3-10(14)4-7-19/h1-2,5,10H,3-4,6-9H2,(H,16,17,18)/t14-/m0/s1. The maximum absolute atomic E-state index is 6.18. The van der Waals surface area contributed by atoms with Crippen molar-refractivity contribution in [2.24, 2.45) is 10.9 Å². The summed E-state index contributed by atoms with van der Waals surface area (Å²) in [4.78, 5) is 11.2. The summed E-state index contributed by atoms with van der Waals surface area (Å²) in [5, 5.41) is 3.68. The second kappa shape index (κ2) is 4.60. The van der Waals surface area contributed by atoms with Gasteiger partial charge in [0.15, 0.2) is 5.82 Å². The first-order valence-corrected chi connectivity index (χ1v) is 7.46. The summed E-state index contributed by atoms with van der Waals surface area (Å²) in [6.07, 6.45) is 4.13. The van der Waals surface area contributed by atoms with Crippen molar-refractivity contribution in [2.75, 3.05) is 31.5 Å². The quantitative estimate of drug-likeness (QED) is 0.860. The van der Waals surface area contributed by atoms with Gasteiger partial charge in [-0.1, -0.05) is 11.6 Å². The van der Waals surface area contributed by atoms with Crippen LogP contribution in [0.2, 0.25) is 5.02 Å². The zero-order valence-corrected chi connectivity index (χ0v) is 11.9. The zero-order valence-electron chi connectivity index (χ0n) is 11.2. The number of anilines is 1.